The number of thiophene rings is 1. The Morgan fingerprint density at radius 1 is 1.47 bits per heavy atom. The van der Waals surface area contributed by atoms with Gasteiger partial charge in [0, 0.05) is 10.9 Å². The maximum absolute atomic E-state index is 10.2. The molecule has 0 aliphatic carbocycles. The van der Waals surface area contributed by atoms with Gasteiger partial charge in [-0.15, -0.1) is 11.3 Å². The minimum atomic E-state index is -0.378. The predicted octanol–water partition coefficient (Wildman–Crippen LogP) is 2.81. The van der Waals surface area contributed by atoms with E-state index in [-0.39, 0.29) is 12.1 Å². The Balaban J connectivity index is 2.63. The van der Waals surface area contributed by atoms with Crippen LogP contribution in [0.2, 0.25) is 0 Å². The van der Waals surface area contributed by atoms with Gasteiger partial charge in [-0.2, -0.15) is 0 Å². The molecule has 0 aromatic carbocycles. The Kier molecular flexibility index (Phi) is 5.29. The van der Waals surface area contributed by atoms with Gasteiger partial charge in [0.2, 0.25) is 0 Å². The van der Waals surface area contributed by atoms with E-state index in [0.717, 1.165) is 17.8 Å². The highest BCUT2D eigenvalue weighted by atomic mass is 32.1. The monoisotopic (exact) mass is 227 g/mol. The Morgan fingerprint density at radius 2 is 2.20 bits per heavy atom. The SMILES string of the molecule is CCCNC(C(C)C)C(O)c1cccs1. The van der Waals surface area contributed by atoms with Crippen molar-refractivity contribution in [2.24, 2.45) is 5.92 Å². The molecule has 1 aromatic rings. The summed E-state index contributed by atoms with van der Waals surface area (Å²) in [5.41, 5.74) is 0. The van der Waals surface area contributed by atoms with Crippen molar-refractivity contribution in [1.82, 2.24) is 5.32 Å². The van der Waals surface area contributed by atoms with Gasteiger partial charge < -0.3 is 10.4 Å². The van der Waals surface area contributed by atoms with Gasteiger partial charge in [-0.3, -0.25) is 0 Å². The molecule has 86 valence electrons. The van der Waals surface area contributed by atoms with Crippen molar-refractivity contribution in [3.8, 4) is 0 Å². The molecule has 1 rings (SSSR count). The summed E-state index contributed by atoms with van der Waals surface area (Å²) in [4.78, 5) is 1.05. The molecule has 2 nitrogen and oxygen atoms in total. The molecule has 1 heterocycles. The zero-order chi connectivity index (χ0) is 11.3. The number of hydrogen-bond acceptors (Lipinski definition) is 3. The first-order valence-corrected chi connectivity index (χ1v) is 6.49. The van der Waals surface area contributed by atoms with Gasteiger partial charge in [0.25, 0.3) is 0 Å². The first-order chi connectivity index (χ1) is 7.16. The van der Waals surface area contributed by atoms with Crippen LogP contribution >= 0.6 is 11.3 Å². The Labute approximate surface area is 96.3 Å². The molecular formula is C12H21NOS. The van der Waals surface area contributed by atoms with Crippen molar-refractivity contribution < 1.29 is 5.11 Å². The number of aliphatic hydroxyl groups excluding tert-OH is 1. The van der Waals surface area contributed by atoms with E-state index in [2.05, 4.69) is 26.1 Å². The smallest absolute Gasteiger partial charge is 0.104 e. The average Bonchev–Trinajstić information content (AvgIpc) is 2.70. The van der Waals surface area contributed by atoms with Gasteiger partial charge in [0.1, 0.15) is 6.10 Å². The molecule has 2 unspecified atom stereocenters. The van der Waals surface area contributed by atoms with Crippen LogP contribution in [-0.4, -0.2) is 17.7 Å². The predicted molar refractivity (Wildman–Crippen MR) is 66.2 cm³/mol. The Morgan fingerprint density at radius 3 is 2.67 bits per heavy atom. The second kappa shape index (κ2) is 6.26. The van der Waals surface area contributed by atoms with Crippen molar-refractivity contribution in [1.29, 1.82) is 0 Å². The summed E-state index contributed by atoms with van der Waals surface area (Å²) in [6.07, 6.45) is 0.719. The molecule has 0 amide bonds. The summed E-state index contributed by atoms with van der Waals surface area (Å²) < 4.78 is 0. The lowest BCUT2D eigenvalue weighted by atomic mass is 9.97. The van der Waals surface area contributed by atoms with Crippen LogP contribution in [0, 0.1) is 5.92 Å². The van der Waals surface area contributed by atoms with Gasteiger partial charge in [0.05, 0.1) is 0 Å². The number of hydrogen-bond donors (Lipinski definition) is 2. The topological polar surface area (TPSA) is 32.3 Å². The second-order valence-electron chi connectivity index (χ2n) is 4.18. The lowest BCUT2D eigenvalue weighted by molar-refractivity contribution is 0.108. The Hall–Kier alpha value is -0.380. The molecule has 3 heteroatoms. The minimum absolute atomic E-state index is 0.156. The van der Waals surface area contributed by atoms with Crippen molar-refractivity contribution in [3.05, 3.63) is 22.4 Å². The lowest BCUT2D eigenvalue weighted by Gasteiger charge is -2.26. The first-order valence-electron chi connectivity index (χ1n) is 5.61. The van der Waals surface area contributed by atoms with E-state index in [0.29, 0.717) is 5.92 Å². The van der Waals surface area contributed by atoms with Crippen molar-refractivity contribution in [2.45, 2.75) is 39.3 Å². The van der Waals surface area contributed by atoms with Crippen LogP contribution in [0.15, 0.2) is 17.5 Å². The fraction of sp³-hybridized carbons (Fsp3) is 0.667. The van der Waals surface area contributed by atoms with Gasteiger partial charge >= 0.3 is 0 Å². The van der Waals surface area contributed by atoms with Crippen LogP contribution in [-0.2, 0) is 0 Å². The molecule has 0 aliphatic rings. The van der Waals surface area contributed by atoms with Crippen molar-refractivity contribution in [2.75, 3.05) is 6.54 Å². The van der Waals surface area contributed by atoms with Gasteiger partial charge in [-0.1, -0.05) is 26.8 Å². The molecule has 0 radical (unpaired) electrons. The van der Waals surface area contributed by atoms with Crippen LogP contribution in [0.1, 0.15) is 38.2 Å². The zero-order valence-corrected chi connectivity index (χ0v) is 10.6. The summed E-state index contributed by atoms with van der Waals surface area (Å²) in [5, 5.41) is 15.6. The first kappa shape index (κ1) is 12.7. The van der Waals surface area contributed by atoms with Gasteiger partial charge in [0.15, 0.2) is 0 Å². The third-order valence-electron chi connectivity index (χ3n) is 2.52. The van der Waals surface area contributed by atoms with Crippen LogP contribution in [0.4, 0.5) is 0 Å². The standard InChI is InChI=1S/C12H21NOS/c1-4-7-13-11(9(2)3)12(14)10-6-5-8-15-10/h5-6,8-9,11-14H,4,7H2,1-3H3. The highest BCUT2D eigenvalue weighted by Gasteiger charge is 2.23. The molecule has 0 spiro atoms. The fourth-order valence-corrected chi connectivity index (χ4v) is 2.42. The van der Waals surface area contributed by atoms with Crippen molar-refractivity contribution >= 4 is 11.3 Å². The summed E-state index contributed by atoms with van der Waals surface area (Å²) in [6.45, 7) is 7.39. The van der Waals surface area contributed by atoms with E-state index < -0.39 is 0 Å². The van der Waals surface area contributed by atoms with Crippen LogP contribution in [0.3, 0.4) is 0 Å². The van der Waals surface area contributed by atoms with Gasteiger partial charge in [-0.05, 0) is 30.3 Å². The highest BCUT2D eigenvalue weighted by molar-refractivity contribution is 7.10. The molecule has 0 bridgehead atoms. The summed E-state index contributed by atoms with van der Waals surface area (Å²) >= 11 is 1.62. The van der Waals surface area contributed by atoms with E-state index >= 15 is 0 Å². The molecule has 0 aliphatic heterocycles. The fourth-order valence-electron chi connectivity index (χ4n) is 1.66. The molecule has 2 N–H and O–H groups in total. The molecule has 2 atom stereocenters. The summed E-state index contributed by atoms with van der Waals surface area (Å²) in [7, 11) is 0. The molecule has 15 heavy (non-hydrogen) atoms. The van der Waals surface area contributed by atoms with Crippen LogP contribution in [0.5, 0.6) is 0 Å². The second-order valence-corrected chi connectivity index (χ2v) is 5.16. The third kappa shape index (κ3) is 3.59. The molecule has 0 saturated carbocycles. The maximum Gasteiger partial charge on any atom is 0.104 e. The average molecular weight is 227 g/mol. The van der Waals surface area contributed by atoms with Crippen molar-refractivity contribution in [3.63, 3.8) is 0 Å². The third-order valence-corrected chi connectivity index (χ3v) is 3.47. The quantitative estimate of drug-likeness (QED) is 0.783. The summed E-state index contributed by atoms with van der Waals surface area (Å²) in [5.74, 6) is 0.439. The van der Waals surface area contributed by atoms with E-state index in [1.54, 1.807) is 11.3 Å². The molecule has 1 aromatic heterocycles. The molecule has 0 saturated heterocycles. The van der Waals surface area contributed by atoms with Crippen LogP contribution in [0.25, 0.3) is 0 Å². The zero-order valence-electron chi connectivity index (χ0n) is 9.73. The van der Waals surface area contributed by atoms with E-state index in [1.807, 2.05) is 17.5 Å². The largest absolute Gasteiger partial charge is 0.386 e. The number of nitrogens with one attached hydrogen (secondary N) is 1. The van der Waals surface area contributed by atoms with E-state index in [1.165, 1.54) is 0 Å². The maximum atomic E-state index is 10.2. The number of rotatable bonds is 6. The number of aliphatic hydroxyl groups is 1. The Bertz CT molecular complexity index is 259. The van der Waals surface area contributed by atoms with Gasteiger partial charge in [-0.25, -0.2) is 0 Å². The summed E-state index contributed by atoms with van der Waals surface area (Å²) in [6, 6.07) is 4.14. The molecular weight excluding hydrogens is 206 g/mol. The minimum Gasteiger partial charge on any atom is -0.386 e. The lowest BCUT2D eigenvalue weighted by Crippen LogP contribution is -2.39. The highest BCUT2D eigenvalue weighted by Crippen LogP contribution is 2.25. The normalized spacial score (nSPS) is 15.5. The van der Waals surface area contributed by atoms with E-state index in [9.17, 15) is 5.11 Å². The van der Waals surface area contributed by atoms with Crippen LogP contribution < -0.4 is 5.32 Å². The van der Waals surface area contributed by atoms with E-state index in [4.69, 9.17) is 0 Å². The molecule has 0 fully saturated rings.